The number of aryl methyl sites for hydroxylation is 1. The minimum atomic E-state index is 0.288. The molecule has 1 fully saturated rings. The molecule has 0 atom stereocenters. The highest BCUT2D eigenvalue weighted by atomic mass is 16.5. The number of Topliss-reactive ketones (excluding diaryl/α,β-unsaturated/α-hetero) is 1. The molecule has 5 nitrogen and oxygen atoms in total. The van der Waals surface area contributed by atoms with Crippen molar-refractivity contribution in [2.45, 2.75) is 19.9 Å². The van der Waals surface area contributed by atoms with Gasteiger partial charge in [-0.2, -0.15) is 4.98 Å². The second-order valence-corrected chi connectivity index (χ2v) is 3.23. The van der Waals surface area contributed by atoms with Crippen LogP contribution in [0.3, 0.4) is 0 Å². The molecule has 0 aliphatic carbocycles. The summed E-state index contributed by atoms with van der Waals surface area (Å²) < 4.78 is 4.95. The first-order valence-corrected chi connectivity index (χ1v) is 4.27. The number of likely N-dealkylation sites (tertiary alicyclic amines) is 1. The maximum absolute atomic E-state index is 10.9. The Kier molecular flexibility index (Phi) is 2.10. The third-order valence-corrected chi connectivity index (χ3v) is 2.04. The minimum Gasteiger partial charge on any atom is -0.338 e. The predicted octanol–water partition coefficient (Wildman–Crippen LogP) is 0.153. The van der Waals surface area contributed by atoms with Gasteiger partial charge < -0.3 is 4.52 Å². The molecule has 0 amide bonds. The van der Waals surface area contributed by atoms with Crippen molar-refractivity contribution in [1.29, 1.82) is 0 Å². The first-order valence-electron chi connectivity index (χ1n) is 4.27. The lowest BCUT2D eigenvalue weighted by atomic mass is 10.4. The summed E-state index contributed by atoms with van der Waals surface area (Å²) in [6.45, 7) is 3.69. The van der Waals surface area contributed by atoms with E-state index in [0.717, 1.165) is 6.54 Å². The number of aromatic nitrogens is 2. The quantitative estimate of drug-likeness (QED) is 0.650. The molecule has 0 saturated carbocycles. The molecule has 1 saturated heterocycles. The maximum atomic E-state index is 10.9. The number of ketones is 1. The van der Waals surface area contributed by atoms with Crippen LogP contribution in [0.1, 0.15) is 18.1 Å². The van der Waals surface area contributed by atoms with Gasteiger partial charge in [0.2, 0.25) is 5.89 Å². The van der Waals surface area contributed by atoms with Crippen molar-refractivity contribution in [2.24, 2.45) is 0 Å². The topological polar surface area (TPSA) is 59.2 Å². The van der Waals surface area contributed by atoms with E-state index in [2.05, 4.69) is 10.1 Å². The normalized spacial score (nSPS) is 18.4. The highest BCUT2D eigenvalue weighted by Crippen LogP contribution is 2.08. The monoisotopic (exact) mass is 181 g/mol. The first kappa shape index (κ1) is 8.37. The van der Waals surface area contributed by atoms with Crippen molar-refractivity contribution in [2.75, 3.05) is 13.1 Å². The van der Waals surface area contributed by atoms with Crippen LogP contribution in [0.25, 0.3) is 0 Å². The SMILES string of the molecule is Cc1noc(CN2CCC(=O)C2)n1. The summed E-state index contributed by atoms with van der Waals surface area (Å²) in [4.78, 5) is 17.0. The van der Waals surface area contributed by atoms with E-state index in [1.807, 2.05) is 4.90 Å². The predicted molar refractivity (Wildman–Crippen MR) is 43.9 cm³/mol. The molecule has 0 radical (unpaired) electrons. The van der Waals surface area contributed by atoms with Gasteiger partial charge >= 0.3 is 0 Å². The van der Waals surface area contributed by atoms with Gasteiger partial charge in [-0.25, -0.2) is 0 Å². The summed E-state index contributed by atoms with van der Waals surface area (Å²) in [5.74, 6) is 1.52. The third kappa shape index (κ3) is 1.92. The number of nitrogens with zero attached hydrogens (tertiary/aromatic N) is 3. The van der Waals surface area contributed by atoms with Gasteiger partial charge in [0.05, 0.1) is 13.1 Å². The van der Waals surface area contributed by atoms with E-state index < -0.39 is 0 Å². The number of carbonyl (C=O) groups is 1. The molecule has 1 aromatic rings. The summed E-state index contributed by atoms with van der Waals surface area (Å²) in [5, 5.41) is 3.68. The molecule has 5 heteroatoms. The van der Waals surface area contributed by atoms with Gasteiger partial charge in [0.25, 0.3) is 0 Å². The zero-order valence-corrected chi connectivity index (χ0v) is 7.49. The van der Waals surface area contributed by atoms with Crippen molar-refractivity contribution >= 4 is 5.78 Å². The van der Waals surface area contributed by atoms with Gasteiger partial charge in [0.15, 0.2) is 5.82 Å². The van der Waals surface area contributed by atoms with E-state index in [1.165, 1.54) is 0 Å². The van der Waals surface area contributed by atoms with Crippen LogP contribution in [-0.4, -0.2) is 33.9 Å². The highest BCUT2D eigenvalue weighted by Gasteiger charge is 2.20. The Balaban J connectivity index is 1.95. The molecular weight excluding hydrogens is 170 g/mol. The molecule has 0 N–H and O–H groups in total. The van der Waals surface area contributed by atoms with Gasteiger partial charge in [-0.15, -0.1) is 0 Å². The Morgan fingerprint density at radius 2 is 2.46 bits per heavy atom. The molecule has 1 aromatic heterocycles. The number of hydrogen-bond acceptors (Lipinski definition) is 5. The lowest BCUT2D eigenvalue weighted by Crippen LogP contribution is -2.20. The zero-order valence-electron chi connectivity index (χ0n) is 7.49. The lowest BCUT2D eigenvalue weighted by Gasteiger charge is -2.08. The molecule has 0 bridgehead atoms. The Hall–Kier alpha value is -1.23. The average Bonchev–Trinajstić information content (AvgIpc) is 2.62. The smallest absolute Gasteiger partial charge is 0.240 e. The van der Waals surface area contributed by atoms with E-state index in [9.17, 15) is 4.79 Å². The molecule has 0 unspecified atom stereocenters. The average molecular weight is 181 g/mol. The molecular formula is C8H11N3O2. The number of rotatable bonds is 2. The van der Waals surface area contributed by atoms with E-state index >= 15 is 0 Å². The first-order chi connectivity index (χ1) is 6.24. The van der Waals surface area contributed by atoms with Crippen LogP contribution in [0.5, 0.6) is 0 Å². The van der Waals surface area contributed by atoms with Crippen molar-refractivity contribution in [3.05, 3.63) is 11.7 Å². The summed E-state index contributed by atoms with van der Waals surface area (Å²) in [6, 6.07) is 0. The summed E-state index contributed by atoms with van der Waals surface area (Å²) in [6.07, 6.45) is 0.646. The van der Waals surface area contributed by atoms with Crippen LogP contribution in [0.4, 0.5) is 0 Å². The van der Waals surface area contributed by atoms with Crippen molar-refractivity contribution in [1.82, 2.24) is 15.0 Å². The Morgan fingerprint density at radius 1 is 1.62 bits per heavy atom. The van der Waals surface area contributed by atoms with Crippen molar-refractivity contribution in [3.8, 4) is 0 Å². The highest BCUT2D eigenvalue weighted by molar-refractivity contribution is 5.82. The number of hydrogen-bond donors (Lipinski definition) is 0. The van der Waals surface area contributed by atoms with Gasteiger partial charge in [-0.3, -0.25) is 9.69 Å². The fourth-order valence-corrected chi connectivity index (χ4v) is 1.42. The van der Waals surface area contributed by atoms with E-state index in [1.54, 1.807) is 6.92 Å². The molecule has 70 valence electrons. The molecule has 0 spiro atoms. The number of carbonyl (C=O) groups excluding carboxylic acids is 1. The van der Waals surface area contributed by atoms with Crippen LogP contribution >= 0.6 is 0 Å². The second-order valence-electron chi connectivity index (χ2n) is 3.23. The largest absolute Gasteiger partial charge is 0.338 e. The van der Waals surface area contributed by atoms with Crippen LogP contribution in [0, 0.1) is 6.92 Å². The standard InChI is InChI=1S/C8H11N3O2/c1-6-9-8(13-10-6)5-11-3-2-7(12)4-11/h2-5H2,1H3. The second kappa shape index (κ2) is 3.26. The molecule has 1 aliphatic heterocycles. The van der Waals surface area contributed by atoms with Crippen LogP contribution in [0.2, 0.25) is 0 Å². The molecule has 13 heavy (non-hydrogen) atoms. The molecule has 1 aliphatic rings. The summed E-state index contributed by atoms with van der Waals surface area (Å²) in [7, 11) is 0. The van der Waals surface area contributed by atoms with E-state index in [-0.39, 0.29) is 5.78 Å². The van der Waals surface area contributed by atoms with Crippen LogP contribution in [0.15, 0.2) is 4.52 Å². The fourth-order valence-electron chi connectivity index (χ4n) is 1.42. The van der Waals surface area contributed by atoms with Gasteiger partial charge in [0.1, 0.15) is 5.78 Å². The van der Waals surface area contributed by atoms with E-state index in [0.29, 0.717) is 31.2 Å². The molecule has 0 aromatic carbocycles. The molecule has 2 rings (SSSR count). The molecule has 2 heterocycles. The van der Waals surface area contributed by atoms with Gasteiger partial charge in [-0.05, 0) is 6.92 Å². The van der Waals surface area contributed by atoms with Gasteiger partial charge in [-0.1, -0.05) is 5.16 Å². The summed E-state index contributed by atoms with van der Waals surface area (Å²) >= 11 is 0. The summed E-state index contributed by atoms with van der Waals surface area (Å²) in [5.41, 5.74) is 0. The van der Waals surface area contributed by atoms with Crippen LogP contribution < -0.4 is 0 Å². The minimum absolute atomic E-state index is 0.288. The zero-order chi connectivity index (χ0) is 9.26. The van der Waals surface area contributed by atoms with Crippen molar-refractivity contribution < 1.29 is 9.32 Å². The fraction of sp³-hybridized carbons (Fsp3) is 0.625. The van der Waals surface area contributed by atoms with Gasteiger partial charge in [0, 0.05) is 13.0 Å². The maximum Gasteiger partial charge on any atom is 0.240 e. The Labute approximate surface area is 75.7 Å². The van der Waals surface area contributed by atoms with E-state index in [4.69, 9.17) is 4.52 Å². The Morgan fingerprint density at radius 3 is 3.00 bits per heavy atom. The van der Waals surface area contributed by atoms with Crippen molar-refractivity contribution in [3.63, 3.8) is 0 Å². The van der Waals surface area contributed by atoms with Crippen LogP contribution in [-0.2, 0) is 11.3 Å². The lowest BCUT2D eigenvalue weighted by molar-refractivity contribution is -0.116. The Bertz CT molecular complexity index is 321. The third-order valence-electron chi connectivity index (χ3n) is 2.04.